The molecule has 8 heteroatoms. The van der Waals surface area contributed by atoms with Crippen LogP contribution in [0.15, 0.2) is 70.7 Å². The number of para-hydroxylation sites is 1. The summed E-state index contributed by atoms with van der Waals surface area (Å²) in [7, 11) is 0. The number of nitrogens with zero attached hydrogens (tertiary/aromatic N) is 1. The molecule has 0 unspecified atom stereocenters. The molecule has 3 rings (SSSR count). The third kappa shape index (κ3) is 6.70. The second-order valence-corrected chi connectivity index (χ2v) is 8.69. The molecule has 2 amide bonds. The maximum atomic E-state index is 12.5. The molecular weight excluding hydrogens is 518 g/mol. The molecule has 0 fully saturated rings. The van der Waals surface area contributed by atoms with Crippen LogP contribution in [0.2, 0.25) is 5.02 Å². The Kier molecular flexibility index (Phi) is 8.47. The first kappa shape index (κ1) is 25.0. The molecule has 0 aliphatic carbocycles. The number of amides is 2. The fourth-order valence-electron chi connectivity index (χ4n) is 2.95. The average Bonchev–Trinajstić information content (AvgIpc) is 2.80. The highest BCUT2D eigenvalue weighted by molar-refractivity contribution is 9.10. The topological polar surface area (TPSA) is 91.2 Å². The number of ether oxygens (including phenoxy) is 1. The lowest BCUT2D eigenvalue weighted by molar-refractivity contribution is -0.118. The van der Waals surface area contributed by atoms with Gasteiger partial charge in [-0.05, 0) is 88.9 Å². The molecule has 0 heterocycles. The molecule has 6 nitrogen and oxygen atoms in total. The number of rotatable bonds is 7. The van der Waals surface area contributed by atoms with Crippen molar-refractivity contribution in [3.05, 3.63) is 92.4 Å². The van der Waals surface area contributed by atoms with Crippen LogP contribution in [0, 0.1) is 25.2 Å². The highest BCUT2D eigenvalue weighted by atomic mass is 79.9. The normalized spacial score (nSPS) is 10.9. The second kappa shape index (κ2) is 11.5. The number of carbonyl (C=O) groups excluding carboxylic acids is 2. The minimum atomic E-state index is -0.574. The minimum absolute atomic E-state index is 0.0896. The summed E-state index contributed by atoms with van der Waals surface area (Å²) < 4.78 is 6.19. The minimum Gasteiger partial charge on any atom is -0.483 e. The number of nitriles is 1. The smallest absolute Gasteiger partial charge is 0.266 e. The molecule has 0 aliphatic heterocycles. The lowest BCUT2D eigenvalue weighted by Gasteiger charge is -2.11. The van der Waals surface area contributed by atoms with Crippen molar-refractivity contribution in [3.8, 4) is 11.8 Å². The number of halogens is 2. The summed E-state index contributed by atoms with van der Waals surface area (Å²) in [6.45, 7) is 3.81. The Morgan fingerprint density at radius 1 is 1.06 bits per heavy atom. The number of aryl methyl sites for hydroxylation is 2. The highest BCUT2D eigenvalue weighted by Gasteiger charge is 2.12. The molecule has 0 bridgehead atoms. The molecule has 0 atom stereocenters. The van der Waals surface area contributed by atoms with Crippen LogP contribution < -0.4 is 15.4 Å². The Morgan fingerprint density at radius 3 is 2.50 bits per heavy atom. The largest absolute Gasteiger partial charge is 0.483 e. The maximum absolute atomic E-state index is 12.5. The monoisotopic (exact) mass is 537 g/mol. The van der Waals surface area contributed by atoms with E-state index in [0.717, 1.165) is 11.1 Å². The van der Waals surface area contributed by atoms with Crippen LogP contribution >= 0.6 is 27.5 Å². The van der Waals surface area contributed by atoms with Crippen molar-refractivity contribution in [2.24, 2.45) is 0 Å². The van der Waals surface area contributed by atoms with E-state index in [4.69, 9.17) is 16.3 Å². The van der Waals surface area contributed by atoms with Crippen molar-refractivity contribution < 1.29 is 14.3 Å². The molecule has 0 aliphatic rings. The predicted octanol–water partition coefficient (Wildman–Crippen LogP) is 6.28. The SMILES string of the molecule is Cc1ccc(NC(=O)COc2ccc(/C=C(\C#N)C(=O)Nc3ccccc3Cl)cc2Br)cc1C. The van der Waals surface area contributed by atoms with Gasteiger partial charge in [0.15, 0.2) is 6.61 Å². The number of hydrogen-bond donors (Lipinski definition) is 2. The van der Waals surface area contributed by atoms with Crippen LogP contribution in [0.1, 0.15) is 16.7 Å². The molecule has 172 valence electrons. The molecule has 0 spiro atoms. The van der Waals surface area contributed by atoms with Crippen molar-refractivity contribution in [1.82, 2.24) is 0 Å². The van der Waals surface area contributed by atoms with Gasteiger partial charge in [-0.2, -0.15) is 5.26 Å². The third-order valence-electron chi connectivity index (χ3n) is 4.90. The van der Waals surface area contributed by atoms with Gasteiger partial charge in [-0.1, -0.05) is 35.9 Å². The van der Waals surface area contributed by atoms with Gasteiger partial charge >= 0.3 is 0 Å². The summed E-state index contributed by atoms with van der Waals surface area (Å²) >= 11 is 9.47. The van der Waals surface area contributed by atoms with Crippen molar-refractivity contribution in [2.45, 2.75) is 13.8 Å². The molecule has 3 aromatic rings. The molecule has 0 saturated carbocycles. The Morgan fingerprint density at radius 2 is 1.82 bits per heavy atom. The van der Waals surface area contributed by atoms with E-state index in [1.807, 2.05) is 38.1 Å². The van der Waals surface area contributed by atoms with E-state index >= 15 is 0 Å². The number of hydrogen-bond acceptors (Lipinski definition) is 4. The summed E-state index contributed by atoms with van der Waals surface area (Å²) in [5.74, 6) is -0.413. The van der Waals surface area contributed by atoms with Crippen LogP contribution in [-0.2, 0) is 9.59 Å². The van der Waals surface area contributed by atoms with E-state index in [9.17, 15) is 14.9 Å². The van der Waals surface area contributed by atoms with Gasteiger partial charge in [-0.25, -0.2) is 0 Å². The van der Waals surface area contributed by atoms with E-state index < -0.39 is 5.91 Å². The van der Waals surface area contributed by atoms with Gasteiger partial charge in [0.2, 0.25) is 0 Å². The zero-order valence-electron chi connectivity index (χ0n) is 18.5. The van der Waals surface area contributed by atoms with Gasteiger partial charge in [0.25, 0.3) is 11.8 Å². The summed E-state index contributed by atoms with van der Waals surface area (Å²) in [4.78, 5) is 24.7. The predicted molar refractivity (Wildman–Crippen MR) is 138 cm³/mol. The standard InChI is InChI=1S/C26H21BrClN3O3/c1-16-7-9-20(11-17(16)2)30-25(32)15-34-24-10-8-18(13-21(24)27)12-19(14-29)26(33)31-23-6-4-3-5-22(23)28/h3-13H,15H2,1-2H3,(H,30,32)(H,31,33)/b19-12+. The van der Waals surface area contributed by atoms with E-state index in [2.05, 4.69) is 26.6 Å². The zero-order valence-corrected chi connectivity index (χ0v) is 20.8. The quantitative estimate of drug-likeness (QED) is 0.273. The molecule has 2 N–H and O–H groups in total. The summed E-state index contributed by atoms with van der Waals surface area (Å²) in [6.07, 6.45) is 1.45. The number of carbonyl (C=O) groups is 2. The number of benzene rings is 3. The Hall–Kier alpha value is -3.60. The van der Waals surface area contributed by atoms with Crippen molar-refractivity contribution in [2.75, 3.05) is 17.2 Å². The van der Waals surface area contributed by atoms with Crippen molar-refractivity contribution in [1.29, 1.82) is 5.26 Å². The fraction of sp³-hybridized carbons (Fsp3) is 0.115. The molecule has 0 aromatic heterocycles. The van der Waals surface area contributed by atoms with E-state index in [1.54, 1.807) is 42.5 Å². The molecule has 3 aromatic carbocycles. The van der Waals surface area contributed by atoms with Crippen LogP contribution in [-0.4, -0.2) is 18.4 Å². The average molecular weight is 539 g/mol. The lowest BCUT2D eigenvalue weighted by Crippen LogP contribution is -2.20. The highest BCUT2D eigenvalue weighted by Crippen LogP contribution is 2.27. The molecule has 0 saturated heterocycles. The molecular formula is C26H21BrClN3O3. The Bertz CT molecular complexity index is 1310. The van der Waals surface area contributed by atoms with Crippen LogP contribution in [0.4, 0.5) is 11.4 Å². The van der Waals surface area contributed by atoms with Crippen LogP contribution in [0.25, 0.3) is 6.08 Å². The van der Waals surface area contributed by atoms with Crippen LogP contribution in [0.5, 0.6) is 5.75 Å². The van der Waals surface area contributed by atoms with E-state index in [1.165, 1.54) is 6.08 Å². The first-order valence-electron chi connectivity index (χ1n) is 10.2. The third-order valence-corrected chi connectivity index (χ3v) is 5.85. The first-order valence-corrected chi connectivity index (χ1v) is 11.4. The first-order chi connectivity index (χ1) is 16.3. The second-order valence-electron chi connectivity index (χ2n) is 7.43. The summed E-state index contributed by atoms with van der Waals surface area (Å²) in [5.41, 5.74) is 3.86. The van der Waals surface area contributed by atoms with Gasteiger partial charge in [-0.15, -0.1) is 0 Å². The van der Waals surface area contributed by atoms with E-state index in [0.29, 0.717) is 32.2 Å². The fourth-order valence-corrected chi connectivity index (χ4v) is 3.64. The van der Waals surface area contributed by atoms with Gasteiger partial charge in [0.05, 0.1) is 15.2 Å². The molecule has 0 radical (unpaired) electrons. The summed E-state index contributed by atoms with van der Waals surface area (Å²) in [6, 6.07) is 19.4. The van der Waals surface area contributed by atoms with Crippen molar-refractivity contribution >= 4 is 56.8 Å². The van der Waals surface area contributed by atoms with Crippen LogP contribution in [0.3, 0.4) is 0 Å². The van der Waals surface area contributed by atoms with Crippen molar-refractivity contribution in [3.63, 3.8) is 0 Å². The number of nitrogens with one attached hydrogen (secondary N) is 2. The lowest BCUT2D eigenvalue weighted by atomic mass is 10.1. The zero-order chi connectivity index (χ0) is 24.7. The van der Waals surface area contributed by atoms with E-state index in [-0.39, 0.29) is 18.1 Å². The Balaban J connectivity index is 1.64. The molecule has 34 heavy (non-hydrogen) atoms. The van der Waals surface area contributed by atoms with Gasteiger partial charge < -0.3 is 15.4 Å². The summed E-state index contributed by atoms with van der Waals surface area (Å²) in [5, 5.41) is 15.2. The van der Waals surface area contributed by atoms with Gasteiger partial charge in [0.1, 0.15) is 17.4 Å². The maximum Gasteiger partial charge on any atom is 0.266 e. The van der Waals surface area contributed by atoms with Gasteiger partial charge in [-0.3, -0.25) is 9.59 Å². The Labute approximate surface area is 211 Å². The van der Waals surface area contributed by atoms with Gasteiger partial charge in [0, 0.05) is 5.69 Å². The number of anilines is 2.